The zero-order chi connectivity index (χ0) is 24.7. The zero-order valence-electron chi connectivity index (χ0n) is 19.1. The third-order valence-electron chi connectivity index (χ3n) is 6.41. The van der Waals surface area contributed by atoms with E-state index in [0.717, 1.165) is 0 Å². The molecule has 0 radical (unpaired) electrons. The molecule has 8 heteroatoms. The minimum Gasteiger partial charge on any atom is -0.272 e. The van der Waals surface area contributed by atoms with Gasteiger partial charge >= 0.3 is 0 Å². The number of anilines is 2. The number of benzene rings is 3. The van der Waals surface area contributed by atoms with Crippen LogP contribution in [0.3, 0.4) is 0 Å². The van der Waals surface area contributed by atoms with Crippen LogP contribution >= 0.6 is 23.2 Å². The first kappa shape index (κ1) is 23.3. The Balaban J connectivity index is 1.60. The van der Waals surface area contributed by atoms with Crippen molar-refractivity contribution in [3.05, 3.63) is 94.5 Å². The highest BCUT2D eigenvalue weighted by atomic mass is 35.5. The maximum absolute atomic E-state index is 13.8. The topological polar surface area (TPSA) is 65.3 Å². The summed E-state index contributed by atoms with van der Waals surface area (Å²) in [6.45, 7) is 3.62. The molecule has 6 nitrogen and oxygen atoms in total. The van der Waals surface area contributed by atoms with E-state index in [0.29, 0.717) is 38.4 Å². The van der Waals surface area contributed by atoms with Crippen LogP contribution < -0.4 is 10.0 Å². The fourth-order valence-electron chi connectivity index (χ4n) is 4.82. The van der Waals surface area contributed by atoms with E-state index in [4.69, 9.17) is 23.2 Å². The van der Waals surface area contributed by atoms with Crippen LogP contribution in [-0.4, -0.2) is 23.2 Å². The summed E-state index contributed by atoms with van der Waals surface area (Å²) in [5.74, 6) is -2.46. The molecule has 0 N–H and O–H groups in total. The van der Waals surface area contributed by atoms with Gasteiger partial charge in [0, 0.05) is 27.4 Å². The van der Waals surface area contributed by atoms with Gasteiger partial charge in [0.15, 0.2) is 0 Å². The fourth-order valence-corrected chi connectivity index (χ4v) is 5.35. The molecule has 0 spiro atoms. The number of carbonyl (C=O) groups excluding carboxylic acids is 2. The third kappa shape index (κ3) is 4.13. The number of rotatable bonds is 5. The lowest BCUT2D eigenvalue weighted by Crippen LogP contribution is -2.40. The van der Waals surface area contributed by atoms with Gasteiger partial charge in [-0.05, 0) is 55.8 Å². The lowest BCUT2D eigenvalue weighted by molar-refractivity contribution is -0.122. The molecular formula is C27H22Cl2N4O2. The molecule has 5 rings (SSSR count). The second kappa shape index (κ2) is 9.29. The molecule has 2 amide bonds. The van der Waals surface area contributed by atoms with Crippen LogP contribution in [0.5, 0.6) is 0 Å². The number of halogens is 2. The van der Waals surface area contributed by atoms with Crippen LogP contribution in [0.25, 0.3) is 0 Å². The van der Waals surface area contributed by atoms with E-state index in [1.165, 1.54) is 10.0 Å². The molecular weight excluding hydrogens is 483 g/mol. The normalized spacial score (nSPS) is 20.8. The van der Waals surface area contributed by atoms with Gasteiger partial charge in [-0.2, -0.15) is 10.2 Å². The number of nitrogens with zero attached hydrogens (tertiary/aromatic N) is 4. The summed E-state index contributed by atoms with van der Waals surface area (Å²) >= 11 is 12.8. The molecule has 3 atom stereocenters. The molecule has 2 heterocycles. The Labute approximate surface area is 213 Å². The number of carbonyl (C=O) groups is 2. The predicted molar refractivity (Wildman–Crippen MR) is 140 cm³/mol. The van der Waals surface area contributed by atoms with Crippen molar-refractivity contribution in [3.8, 4) is 0 Å². The van der Waals surface area contributed by atoms with E-state index in [1.807, 2.05) is 74.5 Å². The van der Waals surface area contributed by atoms with Gasteiger partial charge in [0.2, 0.25) is 0 Å². The van der Waals surface area contributed by atoms with Crippen molar-refractivity contribution in [3.63, 3.8) is 0 Å². The lowest BCUT2D eigenvalue weighted by atomic mass is 9.73. The molecule has 3 aromatic rings. The summed E-state index contributed by atoms with van der Waals surface area (Å²) in [7, 11) is 0. The van der Waals surface area contributed by atoms with E-state index in [2.05, 4.69) is 10.2 Å². The summed E-state index contributed by atoms with van der Waals surface area (Å²) in [4.78, 5) is 27.6. The smallest absolute Gasteiger partial charge is 0.256 e. The highest BCUT2D eigenvalue weighted by Crippen LogP contribution is 2.45. The Hall–Kier alpha value is -3.48. The largest absolute Gasteiger partial charge is 0.272 e. The number of amides is 2. The van der Waals surface area contributed by atoms with Gasteiger partial charge in [-0.3, -0.25) is 9.59 Å². The SMILES string of the molecule is CC1=NN(c2ccccc2)C(=O)[C@H]1C(c1ccc(Cl)cc1Cl)[C@H]1C(=O)N(c2ccccc2)N=C1C. The first-order chi connectivity index (χ1) is 16.9. The standard InChI is InChI=1S/C27H22Cl2N4O2/c1-16-23(26(34)32(30-16)19-9-5-3-6-10-19)25(21-14-13-18(28)15-22(21)29)24-17(2)31-33(27(24)35)20-11-7-4-8-12-20/h3-15,23-25H,1-2H3/t23-,24+,25?. The molecule has 0 aromatic heterocycles. The maximum atomic E-state index is 13.8. The van der Waals surface area contributed by atoms with Crippen molar-refractivity contribution in [1.29, 1.82) is 0 Å². The first-order valence-electron chi connectivity index (χ1n) is 11.2. The van der Waals surface area contributed by atoms with Crippen molar-refractivity contribution in [2.24, 2.45) is 22.0 Å². The molecule has 3 aromatic carbocycles. The number of para-hydroxylation sites is 2. The molecule has 176 valence electrons. The zero-order valence-corrected chi connectivity index (χ0v) is 20.6. The monoisotopic (exact) mass is 504 g/mol. The van der Waals surface area contributed by atoms with Crippen molar-refractivity contribution in [2.45, 2.75) is 19.8 Å². The summed E-state index contributed by atoms with van der Waals surface area (Å²) < 4.78 is 0. The highest BCUT2D eigenvalue weighted by molar-refractivity contribution is 6.35. The molecule has 0 saturated heterocycles. The van der Waals surface area contributed by atoms with Gasteiger partial charge in [0.1, 0.15) is 0 Å². The van der Waals surface area contributed by atoms with Crippen LogP contribution in [0.15, 0.2) is 89.1 Å². The fraction of sp³-hybridized carbons (Fsp3) is 0.185. The lowest BCUT2D eigenvalue weighted by Gasteiger charge is -2.29. The molecule has 1 unspecified atom stereocenters. The second-order valence-corrected chi connectivity index (χ2v) is 9.44. The van der Waals surface area contributed by atoms with Crippen LogP contribution in [0, 0.1) is 11.8 Å². The van der Waals surface area contributed by atoms with Gasteiger partial charge in [-0.1, -0.05) is 65.7 Å². The maximum Gasteiger partial charge on any atom is 0.256 e. The van der Waals surface area contributed by atoms with Crippen LogP contribution in [-0.2, 0) is 9.59 Å². The Bertz CT molecular complexity index is 1280. The van der Waals surface area contributed by atoms with Gasteiger partial charge in [0.05, 0.1) is 23.2 Å². The van der Waals surface area contributed by atoms with Gasteiger partial charge in [0.25, 0.3) is 11.8 Å². The van der Waals surface area contributed by atoms with Gasteiger partial charge < -0.3 is 0 Å². The Morgan fingerprint density at radius 2 is 1.17 bits per heavy atom. The minimum atomic E-state index is -0.705. The molecule has 35 heavy (non-hydrogen) atoms. The van der Waals surface area contributed by atoms with Gasteiger partial charge in [-0.25, -0.2) is 10.0 Å². The summed E-state index contributed by atoms with van der Waals surface area (Å²) in [6.07, 6.45) is 0. The number of hydrazone groups is 2. The third-order valence-corrected chi connectivity index (χ3v) is 6.97. The Morgan fingerprint density at radius 1 is 0.714 bits per heavy atom. The van der Waals surface area contributed by atoms with Crippen molar-refractivity contribution in [2.75, 3.05) is 10.0 Å². The van der Waals surface area contributed by atoms with Gasteiger partial charge in [-0.15, -0.1) is 0 Å². The predicted octanol–water partition coefficient (Wildman–Crippen LogP) is 6.15. The first-order valence-corrected chi connectivity index (χ1v) is 12.0. The summed E-state index contributed by atoms with van der Waals surface area (Å²) in [5, 5.41) is 12.8. The summed E-state index contributed by atoms with van der Waals surface area (Å²) in [5.41, 5.74) is 3.19. The van der Waals surface area contributed by atoms with Crippen LogP contribution in [0.4, 0.5) is 11.4 Å². The van der Waals surface area contributed by atoms with Crippen molar-refractivity contribution < 1.29 is 9.59 Å². The molecule has 0 aliphatic carbocycles. The van der Waals surface area contributed by atoms with E-state index in [-0.39, 0.29) is 11.8 Å². The van der Waals surface area contributed by atoms with E-state index < -0.39 is 17.8 Å². The Kier molecular flexibility index (Phi) is 6.17. The Morgan fingerprint density at radius 3 is 1.60 bits per heavy atom. The average molecular weight is 505 g/mol. The van der Waals surface area contributed by atoms with Crippen molar-refractivity contribution in [1.82, 2.24) is 0 Å². The van der Waals surface area contributed by atoms with E-state index >= 15 is 0 Å². The van der Waals surface area contributed by atoms with E-state index in [9.17, 15) is 9.59 Å². The quantitative estimate of drug-likeness (QED) is 0.417. The van der Waals surface area contributed by atoms with Crippen LogP contribution in [0.1, 0.15) is 25.3 Å². The number of hydrogen-bond acceptors (Lipinski definition) is 4. The summed E-state index contributed by atoms with van der Waals surface area (Å²) in [6, 6.07) is 23.6. The van der Waals surface area contributed by atoms with Crippen LogP contribution in [0.2, 0.25) is 10.0 Å². The second-order valence-electron chi connectivity index (χ2n) is 8.60. The molecule has 0 saturated carbocycles. The molecule has 0 bridgehead atoms. The highest BCUT2D eigenvalue weighted by Gasteiger charge is 2.50. The van der Waals surface area contributed by atoms with Crippen molar-refractivity contribution >= 4 is 57.8 Å². The molecule has 2 aliphatic rings. The molecule has 2 aliphatic heterocycles. The minimum absolute atomic E-state index is 0.219. The average Bonchev–Trinajstić information content (AvgIpc) is 3.32. The number of hydrogen-bond donors (Lipinski definition) is 0. The van der Waals surface area contributed by atoms with E-state index in [1.54, 1.807) is 18.2 Å². The molecule has 0 fully saturated rings.